The van der Waals surface area contributed by atoms with Gasteiger partial charge in [-0.1, -0.05) is 13.0 Å². The smallest absolute Gasteiger partial charge is 0.191 e. The normalized spacial score (nSPS) is 15.8. The first-order valence-electron chi connectivity index (χ1n) is 9.57. The van der Waals surface area contributed by atoms with E-state index in [4.69, 9.17) is 9.47 Å². The molecule has 0 aromatic heterocycles. The molecular formula is C20H35IN4O2. The topological polar surface area (TPSA) is 58.1 Å². The third-order valence-electron chi connectivity index (χ3n) is 4.94. The van der Waals surface area contributed by atoms with Crippen molar-refractivity contribution >= 4 is 29.9 Å². The summed E-state index contributed by atoms with van der Waals surface area (Å²) in [5.41, 5.74) is 1.12. The maximum Gasteiger partial charge on any atom is 0.191 e. The number of hydrogen-bond acceptors (Lipinski definition) is 4. The van der Waals surface area contributed by atoms with Crippen molar-refractivity contribution < 1.29 is 9.47 Å². The van der Waals surface area contributed by atoms with Crippen molar-refractivity contribution in [3.05, 3.63) is 23.8 Å². The summed E-state index contributed by atoms with van der Waals surface area (Å²) in [6.07, 6.45) is 3.77. The van der Waals surface area contributed by atoms with Gasteiger partial charge in [-0.05, 0) is 62.5 Å². The molecule has 7 heteroatoms. The minimum absolute atomic E-state index is 0. The molecule has 1 aromatic carbocycles. The molecule has 1 saturated heterocycles. The molecule has 0 saturated carbocycles. The first kappa shape index (κ1) is 23.8. The highest BCUT2D eigenvalue weighted by Crippen LogP contribution is 2.27. The lowest BCUT2D eigenvalue weighted by molar-refractivity contribution is 0.185. The Bertz CT molecular complexity index is 575. The van der Waals surface area contributed by atoms with Gasteiger partial charge in [0.05, 0.1) is 14.2 Å². The SMILES string of the molecule is CCCN1CCC(CNC(=NC)NCc2ccc(OC)c(OC)c2)CC1.I. The van der Waals surface area contributed by atoms with Crippen LogP contribution in [0.3, 0.4) is 0 Å². The van der Waals surface area contributed by atoms with Crippen LogP contribution < -0.4 is 20.1 Å². The van der Waals surface area contributed by atoms with Crippen LogP contribution in [0, 0.1) is 5.92 Å². The van der Waals surface area contributed by atoms with Gasteiger partial charge in [0.25, 0.3) is 0 Å². The summed E-state index contributed by atoms with van der Waals surface area (Å²) in [6, 6.07) is 5.95. The third kappa shape index (κ3) is 7.73. The molecule has 0 amide bonds. The molecule has 1 aliphatic rings. The number of benzene rings is 1. The Morgan fingerprint density at radius 2 is 1.85 bits per heavy atom. The van der Waals surface area contributed by atoms with Gasteiger partial charge < -0.3 is 25.0 Å². The molecule has 0 spiro atoms. The molecule has 1 fully saturated rings. The highest BCUT2D eigenvalue weighted by atomic mass is 127. The van der Waals surface area contributed by atoms with Gasteiger partial charge in [0.15, 0.2) is 17.5 Å². The summed E-state index contributed by atoms with van der Waals surface area (Å²) < 4.78 is 10.6. The zero-order chi connectivity index (χ0) is 18.8. The van der Waals surface area contributed by atoms with E-state index in [1.807, 2.05) is 25.2 Å². The van der Waals surface area contributed by atoms with Crippen LogP contribution >= 0.6 is 24.0 Å². The lowest BCUT2D eigenvalue weighted by atomic mass is 9.97. The Kier molecular flexibility index (Phi) is 11.5. The number of rotatable bonds is 8. The molecule has 2 rings (SSSR count). The van der Waals surface area contributed by atoms with Gasteiger partial charge in [-0.25, -0.2) is 0 Å². The Morgan fingerprint density at radius 3 is 2.44 bits per heavy atom. The summed E-state index contributed by atoms with van der Waals surface area (Å²) in [4.78, 5) is 6.91. The molecule has 154 valence electrons. The number of nitrogens with one attached hydrogen (secondary N) is 2. The lowest BCUT2D eigenvalue weighted by Crippen LogP contribution is -2.42. The van der Waals surface area contributed by atoms with Crippen LogP contribution in [-0.4, -0.2) is 58.3 Å². The third-order valence-corrected chi connectivity index (χ3v) is 4.94. The van der Waals surface area contributed by atoms with E-state index >= 15 is 0 Å². The number of halogens is 1. The molecule has 0 unspecified atom stereocenters. The van der Waals surface area contributed by atoms with E-state index in [1.54, 1.807) is 14.2 Å². The fourth-order valence-corrected chi connectivity index (χ4v) is 3.37. The zero-order valence-electron chi connectivity index (χ0n) is 17.1. The van der Waals surface area contributed by atoms with Crippen molar-refractivity contribution in [2.24, 2.45) is 10.9 Å². The van der Waals surface area contributed by atoms with E-state index in [-0.39, 0.29) is 24.0 Å². The van der Waals surface area contributed by atoms with Crippen molar-refractivity contribution in [1.29, 1.82) is 0 Å². The Balaban J connectivity index is 0.00000364. The summed E-state index contributed by atoms with van der Waals surface area (Å²) in [6.45, 7) is 7.59. The molecule has 1 aromatic rings. The maximum atomic E-state index is 5.36. The average molecular weight is 490 g/mol. The van der Waals surface area contributed by atoms with E-state index in [2.05, 4.69) is 27.4 Å². The second-order valence-corrected chi connectivity index (χ2v) is 6.78. The number of methoxy groups -OCH3 is 2. The van der Waals surface area contributed by atoms with E-state index in [0.717, 1.165) is 35.5 Å². The Hall–Kier alpha value is -1.22. The second kappa shape index (κ2) is 13.0. The van der Waals surface area contributed by atoms with Gasteiger partial charge in [-0.3, -0.25) is 4.99 Å². The first-order chi connectivity index (χ1) is 12.7. The molecule has 27 heavy (non-hydrogen) atoms. The standard InChI is InChI=1S/C20H34N4O2.HI/c1-5-10-24-11-8-16(9-12-24)14-22-20(21-2)23-15-17-6-7-18(25-3)19(13-17)26-4;/h6-7,13,16H,5,8-12,14-15H2,1-4H3,(H2,21,22,23);1H. The van der Waals surface area contributed by atoms with Crippen LogP contribution in [0.2, 0.25) is 0 Å². The number of piperidine rings is 1. The quantitative estimate of drug-likeness (QED) is 0.333. The molecule has 1 aliphatic heterocycles. The van der Waals surface area contributed by atoms with Crippen LogP contribution in [0.25, 0.3) is 0 Å². The number of hydrogen-bond donors (Lipinski definition) is 2. The number of nitrogens with zero attached hydrogens (tertiary/aromatic N) is 2. The fourth-order valence-electron chi connectivity index (χ4n) is 3.37. The predicted octanol–water partition coefficient (Wildman–Crippen LogP) is 3.11. The van der Waals surface area contributed by atoms with Crippen molar-refractivity contribution in [3.8, 4) is 11.5 Å². The van der Waals surface area contributed by atoms with Crippen molar-refractivity contribution in [1.82, 2.24) is 15.5 Å². The van der Waals surface area contributed by atoms with Crippen LogP contribution in [0.1, 0.15) is 31.7 Å². The van der Waals surface area contributed by atoms with Gasteiger partial charge in [0, 0.05) is 20.1 Å². The molecule has 0 bridgehead atoms. The number of guanidine groups is 1. The molecule has 6 nitrogen and oxygen atoms in total. The number of aliphatic imine (C=N–C) groups is 1. The lowest BCUT2D eigenvalue weighted by Gasteiger charge is -2.32. The Morgan fingerprint density at radius 1 is 1.15 bits per heavy atom. The van der Waals surface area contributed by atoms with E-state index in [0.29, 0.717) is 6.54 Å². The van der Waals surface area contributed by atoms with Gasteiger partial charge in [0.2, 0.25) is 0 Å². The highest BCUT2D eigenvalue weighted by molar-refractivity contribution is 14.0. The first-order valence-corrected chi connectivity index (χ1v) is 9.57. The minimum Gasteiger partial charge on any atom is -0.493 e. The number of ether oxygens (including phenoxy) is 2. The maximum absolute atomic E-state index is 5.36. The summed E-state index contributed by atoms with van der Waals surface area (Å²) in [5.74, 6) is 3.06. The second-order valence-electron chi connectivity index (χ2n) is 6.78. The highest BCUT2D eigenvalue weighted by Gasteiger charge is 2.18. The monoisotopic (exact) mass is 490 g/mol. The average Bonchev–Trinajstić information content (AvgIpc) is 2.69. The zero-order valence-corrected chi connectivity index (χ0v) is 19.4. The minimum atomic E-state index is 0. The van der Waals surface area contributed by atoms with E-state index in [1.165, 1.54) is 38.9 Å². The summed E-state index contributed by atoms with van der Waals surface area (Å²) in [5, 5.41) is 6.85. The largest absolute Gasteiger partial charge is 0.493 e. The van der Waals surface area contributed by atoms with Crippen LogP contribution in [0.4, 0.5) is 0 Å². The van der Waals surface area contributed by atoms with E-state index in [9.17, 15) is 0 Å². The van der Waals surface area contributed by atoms with Crippen LogP contribution in [0.5, 0.6) is 11.5 Å². The van der Waals surface area contributed by atoms with Gasteiger partial charge in [-0.2, -0.15) is 0 Å². The van der Waals surface area contributed by atoms with Gasteiger partial charge in [0.1, 0.15) is 0 Å². The molecule has 0 atom stereocenters. The van der Waals surface area contributed by atoms with Crippen LogP contribution in [0.15, 0.2) is 23.2 Å². The fraction of sp³-hybridized carbons (Fsp3) is 0.650. The Labute approximate surface area is 181 Å². The van der Waals surface area contributed by atoms with Crippen molar-refractivity contribution in [2.75, 3.05) is 47.4 Å². The predicted molar refractivity (Wildman–Crippen MR) is 123 cm³/mol. The van der Waals surface area contributed by atoms with Gasteiger partial charge >= 0.3 is 0 Å². The van der Waals surface area contributed by atoms with Gasteiger partial charge in [-0.15, -0.1) is 24.0 Å². The molecule has 0 radical (unpaired) electrons. The van der Waals surface area contributed by atoms with E-state index < -0.39 is 0 Å². The summed E-state index contributed by atoms with van der Waals surface area (Å²) in [7, 11) is 5.11. The summed E-state index contributed by atoms with van der Waals surface area (Å²) >= 11 is 0. The molecule has 1 heterocycles. The van der Waals surface area contributed by atoms with Crippen molar-refractivity contribution in [2.45, 2.75) is 32.7 Å². The molecule has 2 N–H and O–H groups in total. The molecule has 0 aliphatic carbocycles. The number of likely N-dealkylation sites (tertiary alicyclic amines) is 1. The molecular weight excluding hydrogens is 455 g/mol. The van der Waals surface area contributed by atoms with Crippen molar-refractivity contribution in [3.63, 3.8) is 0 Å². The van der Waals surface area contributed by atoms with Crippen LogP contribution in [-0.2, 0) is 6.54 Å².